The van der Waals surface area contributed by atoms with E-state index in [4.69, 9.17) is 9.72 Å². The molecule has 0 spiro atoms. The monoisotopic (exact) mass is 532 g/mol. The quantitative estimate of drug-likeness (QED) is 0.338. The largest absolute Gasteiger partial charge is 0.460 e. The van der Waals surface area contributed by atoms with Crippen LogP contribution in [0.3, 0.4) is 0 Å². The number of piperidine rings is 1. The van der Waals surface area contributed by atoms with Crippen molar-refractivity contribution in [2.24, 2.45) is 0 Å². The van der Waals surface area contributed by atoms with Crippen LogP contribution in [0.1, 0.15) is 63.0 Å². The molecule has 1 unspecified atom stereocenters. The maximum Gasteiger partial charge on any atom is 0.316 e. The summed E-state index contributed by atoms with van der Waals surface area (Å²) >= 11 is 3.31. The Bertz CT molecular complexity index is 1400. The first kappa shape index (κ1) is 24.1. The second-order valence-electron chi connectivity index (χ2n) is 9.84. The summed E-state index contributed by atoms with van der Waals surface area (Å²) in [5.41, 5.74) is 4.55. The van der Waals surface area contributed by atoms with E-state index in [0.29, 0.717) is 18.0 Å². The van der Waals surface area contributed by atoms with Gasteiger partial charge in [-0.2, -0.15) is 0 Å². The Kier molecular flexibility index (Phi) is 6.46. The number of aryl methyl sites for hydroxylation is 3. The molecule has 6 heterocycles. The van der Waals surface area contributed by atoms with Crippen LogP contribution < -0.4 is 4.74 Å². The van der Waals surface area contributed by atoms with Gasteiger partial charge < -0.3 is 9.64 Å². The number of carbonyl (C=O) groups excluding carboxylic acids is 1. The van der Waals surface area contributed by atoms with E-state index in [1.807, 2.05) is 32.9 Å². The molecule has 37 heavy (non-hydrogen) atoms. The summed E-state index contributed by atoms with van der Waals surface area (Å²) in [4.78, 5) is 39.1. The number of aromatic nitrogens is 5. The Morgan fingerprint density at radius 2 is 1.78 bits per heavy atom. The molecule has 0 radical (unpaired) electrons. The maximum absolute atomic E-state index is 13.4. The summed E-state index contributed by atoms with van der Waals surface area (Å²) in [6, 6.07) is 4.61. The average molecular weight is 533 g/mol. The molecule has 0 N–H and O–H groups in total. The van der Waals surface area contributed by atoms with E-state index in [1.165, 1.54) is 0 Å². The summed E-state index contributed by atoms with van der Waals surface area (Å²) in [7, 11) is 0. The molecule has 2 aliphatic heterocycles. The standard InChI is InChI=1S/C27H28N6O2S2/c1-15-11-29-27(30-12-15)35-22-9-20-6-7-21(10-22)33(20)26(34)18-4-5-19(28-13-18)8-24-32-23(14-36-24)25-16(2)31-17(3)37-25/h4-5,11-14,20-22H,6-10H2,1-3H3/t20-,21+,22?. The van der Waals surface area contributed by atoms with Gasteiger partial charge in [-0.15, -0.1) is 22.7 Å². The van der Waals surface area contributed by atoms with Crippen molar-refractivity contribution in [2.75, 3.05) is 0 Å². The van der Waals surface area contributed by atoms with Crippen LogP contribution in [0.5, 0.6) is 6.01 Å². The Morgan fingerprint density at radius 1 is 1.03 bits per heavy atom. The van der Waals surface area contributed by atoms with E-state index in [9.17, 15) is 4.79 Å². The second-order valence-corrected chi connectivity index (χ2v) is 12.0. The number of thiazole rings is 2. The highest BCUT2D eigenvalue weighted by molar-refractivity contribution is 7.16. The van der Waals surface area contributed by atoms with Crippen LogP contribution in [-0.4, -0.2) is 53.9 Å². The number of hydrogen-bond acceptors (Lipinski definition) is 9. The highest BCUT2D eigenvalue weighted by Gasteiger charge is 2.44. The first-order valence-electron chi connectivity index (χ1n) is 12.5. The van der Waals surface area contributed by atoms with Crippen molar-refractivity contribution in [1.82, 2.24) is 29.8 Å². The van der Waals surface area contributed by atoms with E-state index < -0.39 is 0 Å². The van der Waals surface area contributed by atoms with E-state index >= 15 is 0 Å². The summed E-state index contributed by atoms with van der Waals surface area (Å²) in [6.07, 6.45) is 9.53. The molecule has 0 aromatic carbocycles. The fourth-order valence-corrected chi connectivity index (χ4v) is 7.13. The lowest BCUT2D eigenvalue weighted by Crippen LogP contribution is -2.49. The maximum atomic E-state index is 13.4. The van der Waals surface area contributed by atoms with Gasteiger partial charge >= 0.3 is 6.01 Å². The fourth-order valence-electron chi connectivity index (χ4n) is 5.37. The van der Waals surface area contributed by atoms with E-state index in [-0.39, 0.29) is 24.1 Å². The molecule has 6 rings (SSSR count). The van der Waals surface area contributed by atoms with Crippen LogP contribution in [0.4, 0.5) is 0 Å². The van der Waals surface area contributed by atoms with Gasteiger partial charge in [0.15, 0.2) is 0 Å². The molecule has 8 nitrogen and oxygen atoms in total. The second kappa shape index (κ2) is 9.90. The van der Waals surface area contributed by atoms with Crippen molar-refractivity contribution < 1.29 is 9.53 Å². The molecule has 0 aliphatic carbocycles. The molecule has 190 valence electrons. The Labute approximate surface area is 223 Å². The Morgan fingerprint density at radius 3 is 2.43 bits per heavy atom. The highest BCUT2D eigenvalue weighted by atomic mass is 32.1. The number of amides is 1. The number of pyridine rings is 1. The highest BCUT2D eigenvalue weighted by Crippen LogP contribution is 2.38. The van der Waals surface area contributed by atoms with Crippen LogP contribution in [0.25, 0.3) is 10.6 Å². The zero-order valence-electron chi connectivity index (χ0n) is 21.0. The third-order valence-corrected chi connectivity index (χ3v) is 8.99. The van der Waals surface area contributed by atoms with E-state index in [1.54, 1.807) is 41.3 Å². The van der Waals surface area contributed by atoms with Crippen molar-refractivity contribution in [3.8, 4) is 16.6 Å². The minimum absolute atomic E-state index is 0.0330. The smallest absolute Gasteiger partial charge is 0.316 e. The minimum atomic E-state index is 0.0330. The van der Waals surface area contributed by atoms with Gasteiger partial charge in [0.1, 0.15) is 6.10 Å². The van der Waals surface area contributed by atoms with Crippen molar-refractivity contribution in [3.05, 3.63) is 68.6 Å². The molecule has 1 amide bonds. The van der Waals surface area contributed by atoms with Crippen LogP contribution in [0, 0.1) is 20.8 Å². The number of fused-ring (bicyclic) bond motifs is 2. The van der Waals surface area contributed by atoms with Gasteiger partial charge in [0, 0.05) is 61.0 Å². The number of carbonyl (C=O) groups is 1. The first-order valence-corrected chi connectivity index (χ1v) is 14.2. The Balaban J connectivity index is 1.09. The van der Waals surface area contributed by atoms with E-state index in [2.05, 4.69) is 30.2 Å². The lowest BCUT2D eigenvalue weighted by Gasteiger charge is -2.38. The van der Waals surface area contributed by atoms with Crippen molar-refractivity contribution in [1.29, 1.82) is 0 Å². The molecule has 3 atom stereocenters. The molecule has 0 saturated carbocycles. The van der Waals surface area contributed by atoms with Gasteiger partial charge in [-0.05, 0) is 51.3 Å². The molecule has 2 saturated heterocycles. The Hall–Kier alpha value is -3.24. The van der Waals surface area contributed by atoms with Gasteiger partial charge in [-0.1, -0.05) is 0 Å². The van der Waals surface area contributed by atoms with Gasteiger partial charge in [-0.3, -0.25) is 9.78 Å². The lowest BCUT2D eigenvalue weighted by atomic mass is 9.98. The van der Waals surface area contributed by atoms with Crippen LogP contribution in [0.2, 0.25) is 0 Å². The molecular formula is C27H28N6O2S2. The van der Waals surface area contributed by atoms with Gasteiger partial charge in [-0.25, -0.2) is 19.9 Å². The van der Waals surface area contributed by atoms with E-state index in [0.717, 1.165) is 63.2 Å². The molecule has 10 heteroatoms. The predicted octanol–water partition coefficient (Wildman–Crippen LogP) is 5.18. The molecule has 4 aromatic heterocycles. The predicted molar refractivity (Wildman–Crippen MR) is 143 cm³/mol. The van der Waals surface area contributed by atoms with Crippen molar-refractivity contribution in [3.63, 3.8) is 0 Å². The number of ether oxygens (including phenoxy) is 1. The third kappa shape index (κ3) is 5.00. The molecular weight excluding hydrogens is 504 g/mol. The first-order chi connectivity index (χ1) is 17.9. The molecule has 4 aromatic rings. The zero-order valence-corrected chi connectivity index (χ0v) is 22.7. The number of nitrogens with zero attached hydrogens (tertiary/aromatic N) is 6. The fraction of sp³-hybridized carbons (Fsp3) is 0.407. The normalized spacial score (nSPS) is 20.8. The van der Waals surface area contributed by atoms with Crippen LogP contribution in [-0.2, 0) is 6.42 Å². The minimum Gasteiger partial charge on any atom is -0.460 e. The molecule has 2 bridgehead atoms. The van der Waals surface area contributed by atoms with Crippen LogP contribution in [0.15, 0.2) is 36.1 Å². The summed E-state index contributed by atoms with van der Waals surface area (Å²) in [5, 5.41) is 4.14. The number of hydrogen-bond donors (Lipinski definition) is 0. The van der Waals surface area contributed by atoms with Gasteiger partial charge in [0.2, 0.25) is 0 Å². The number of rotatable bonds is 6. The van der Waals surface area contributed by atoms with Crippen molar-refractivity contribution in [2.45, 2.75) is 71.1 Å². The van der Waals surface area contributed by atoms with Crippen molar-refractivity contribution >= 4 is 28.6 Å². The molecule has 2 fully saturated rings. The summed E-state index contributed by atoms with van der Waals surface area (Å²) < 4.78 is 6.05. The van der Waals surface area contributed by atoms with Crippen LogP contribution >= 0.6 is 22.7 Å². The third-order valence-electron chi connectivity index (χ3n) is 7.05. The molecule has 2 aliphatic rings. The SMILES string of the molecule is Cc1cnc(OC2C[C@H]3CC[C@@H](C2)N3C(=O)c2ccc(Cc3nc(-c4sc(C)nc4C)cs3)nc2)nc1. The van der Waals surface area contributed by atoms with Gasteiger partial charge in [0.05, 0.1) is 31.8 Å². The average Bonchev–Trinajstić information content (AvgIpc) is 3.56. The lowest BCUT2D eigenvalue weighted by molar-refractivity contribution is 0.0335. The zero-order chi connectivity index (χ0) is 25.5. The summed E-state index contributed by atoms with van der Waals surface area (Å²) in [5.74, 6) is 0.0594. The summed E-state index contributed by atoms with van der Waals surface area (Å²) in [6.45, 7) is 5.99. The topological polar surface area (TPSA) is 94.0 Å². The van der Waals surface area contributed by atoms with Gasteiger partial charge in [0.25, 0.3) is 5.91 Å².